The van der Waals surface area contributed by atoms with Crippen LogP contribution in [0.2, 0.25) is 5.02 Å². The van der Waals surface area contributed by atoms with Crippen LogP contribution < -0.4 is 5.32 Å². The third-order valence-corrected chi connectivity index (χ3v) is 3.35. The molecule has 1 rings (SSSR count). The Morgan fingerprint density at radius 1 is 1.35 bits per heavy atom. The molecule has 0 spiro atoms. The molecule has 1 aromatic rings. The molecule has 0 aliphatic carbocycles. The van der Waals surface area contributed by atoms with Gasteiger partial charge in [0.2, 0.25) is 0 Å². The first-order chi connectivity index (χ1) is 9.29. The lowest BCUT2D eigenvalue weighted by molar-refractivity contribution is -0.392. The second-order valence-corrected chi connectivity index (χ2v) is 4.98. The molecule has 7 nitrogen and oxygen atoms in total. The molecule has 110 valence electrons. The summed E-state index contributed by atoms with van der Waals surface area (Å²) in [7, 11) is 0. The Hall–Kier alpha value is -1.89. The van der Waals surface area contributed by atoms with Crippen molar-refractivity contribution in [3.05, 3.63) is 36.9 Å². The van der Waals surface area contributed by atoms with Crippen LogP contribution in [0.25, 0.3) is 0 Å². The van der Waals surface area contributed by atoms with Crippen LogP contribution in [0.15, 0.2) is 6.07 Å². The van der Waals surface area contributed by atoms with Crippen molar-refractivity contribution in [1.29, 1.82) is 0 Å². The number of nitrogens with zero attached hydrogens (tertiary/aromatic N) is 2. The maximum Gasteiger partial charge on any atom is 0.303 e. The van der Waals surface area contributed by atoms with Crippen molar-refractivity contribution < 1.29 is 9.85 Å². The average molecular weight is 302 g/mol. The van der Waals surface area contributed by atoms with Gasteiger partial charge in [-0.1, -0.05) is 24.9 Å². The SMILES string of the molecule is CCCC(C)Nc1c([N+](=O)[O-])cc(Cl)c(C)c1[N+](=O)[O-]. The van der Waals surface area contributed by atoms with Gasteiger partial charge < -0.3 is 5.32 Å². The lowest BCUT2D eigenvalue weighted by Crippen LogP contribution is -2.17. The van der Waals surface area contributed by atoms with Gasteiger partial charge in [0.1, 0.15) is 0 Å². The number of nitrogens with one attached hydrogen (secondary N) is 1. The van der Waals surface area contributed by atoms with Crippen molar-refractivity contribution in [2.75, 3.05) is 5.32 Å². The first-order valence-corrected chi connectivity index (χ1v) is 6.55. The molecule has 0 aliphatic rings. The Labute approximate surface area is 121 Å². The van der Waals surface area contributed by atoms with Gasteiger partial charge in [-0.15, -0.1) is 0 Å². The molecule has 0 heterocycles. The summed E-state index contributed by atoms with van der Waals surface area (Å²) in [5.74, 6) is 0. The van der Waals surface area contributed by atoms with Crippen LogP contribution in [0.4, 0.5) is 17.1 Å². The molecule has 0 radical (unpaired) electrons. The molecule has 8 heteroatoms. The Balaban J connectivity index is 3.46. The fourth-order valence-corrected chi connectivity index (χ4v) is 2.18. The summed E-state index contributed by atoms with van der Waals surface area (Å²) in [5.41, 5.74) is -0.585. The minimum Gasteiger partial charge on any atom is -0.371 e. The molecule has 1 unspecified atom stereocenters. The Kier molecular flexibility index (Phi) is 5.26. The van der Waals surface area contributed by atoms with E-state index in [-0.39, 0.29) is 33.7 Å². The monoisotopic (exact) mass is 301 g/mol. The zero-order valence-electron chi connectivity index (χ0n) is 11.5. The quantitative estimate of drug-likeness (QED) is 0.631. The number of hydrogen-bond acceptors (Lipinski definition) is 5. The number of benzene rings is 1. The predicted molar refractivity (Wildman–Crippen MR) is 77.5 cm³/mol. The van der Waals surface area contributed by atoms with E-state index in [1.54, 1.807) is 0 Å². The largest absolute Gasteiger partial charge is 0.371 e. The Bertz CT molecular complexity index is 548. The lowest BCUT2D eigenvalue weighted by Gasteiger charge is -2.15. The highest BCUT2D eigenvalue weighted by Crippen LogP contribution is 2.41. The molecule has 1 N–H and O–H groups in total. The third-order valence-electron chi connectivity index (χ3n) is 2.96. The van der Waals surface area contributed by atoms with Gasteiger partial charge in [-0.05, 0) is 20.3 Å². The lowest BCUT2D eigenvalue weighted by atomic mass is 10.1. The molecule has 0 aliphatic heterocycles. The van der Waals surface area contributed by atoms with Crippen LogP contribution in [0, 0.1) is 27.2 Å². The van der Waals surface area contributed by atoms with E-state index in [2.05, 4.69) is 5.32 Å². The number of halogens is 1. The molecule has 0 aromatic heterocycles. The van der Waals surface area contributed by atoms with E-state index >= 15 is 0 Å². The van der Waals surface area contributed by atoms with Crippen LogP contribution in [0.3, 0.4) is 0 Å². The normalized spacial score (nSPS) is 12.0. The van der Waals surface area contributed by atoms with Gasteiger partial charge >= 0.3 is 11.4 Å². The zero-order chi connectivity index (χ0) is 15.4. The molecule has 0 amide bonds. The smallest absolute Gasteiger partial charge is 0.303 e. The number of nitro benzene ring substituents is 2. The van der Waals surface area contributed by atoms with Crippen molar-refractivity contribution in [3.8, 4) is 0 Å². The molecular weight excluding hydrogens is 286 g/mol. The molecule has 0 bridgehead atoms. The minimum absolute atomic E-state index is 0.0112. The Morgan fingerprint density at radius 3 is 2.40 bits per heavy atom. The second kappa shape index (κ2) is 6.51. The van der Waals surface area contributed by atoms with Crippen LogP contribution in [0.1, 0.15) is 32.3 Å². The third kappa shape index (κ3) is 3.36. The summed E-state index contributed by atoms with van der Waals surface area (Å²) in [6, 6.07) is 1.03. The second-order valence-electron chi connectivity index (χ2n) is 4.57. The van der Waals surface area contributed by atoms with Crippen molar-refractivity contribution in [1.82, 2.24) is 0 Å². The molecule has 1 aromatic carbocycles. The summed E-state index contributed by atoms with van der Waals surface area (Å²) < 4.78 is 0. The summed E-state index contributed by atoms with van der Waals surface area (Å²) in [4.78, 5) is 21.0. The standard InChI is InChI=1S/C12H16ClN3O4/c1-4-5-7(2)14-11-10(15(17)18)6-9(13)8(3)12(11)16(19)20/h6-7,14H,4-5H2,1-3H3. The van der Waals surface area contributed by atoms with E-state index in [4.69, 9.17) is 11.6 Å². The van der Waals surface area contributed by atoms with Crippen molar-refractivity contribution in [2.45, 2.75) is 39.7 Å². The highest BCUT2D eigenvalue weighted by Gasteiger charge is 2.30. The van der Waals surface area contributed by atoms with Crippen molar-refractivity contribution in [2.24, 2.45) is 0 Å². The van der Waals surface area contributed by atoms with Gasteiger partial charge in [0.25, 0.3) is 0 Å². The summed E-state index contributed by atoms with van der Waals surface area (Å²) >= 11 is 5.84. The summed E-state index contributed by atoms with van der Waals surface area (Å²) in [5, 5.41) is 25.2. The first-order valence-electron chi connectivity index (χ1n) is 6.18. The number of nitro groups is 2. The van der Waals surface area contributed by atoms with Gasteiger partial charge in [0.15, 0.2) is 5.69 Å². The Morgan fingerprint density at radius 2 is 1.95 bits per heavy atom. The van der Waals surface area contributed by atoms with E-state index in [1.165, 1.54) is 6.92 Å². The van der Waals surface area contributed by atoms with Crippen LogP contribution in [0.5, 0.6) is 0 Å². The van der Waals surface area contributed by atoms with E-state index in [1.807, 2.05) is 13.8 Å². The highest BCUT2D eigenvalue weighted by atomic mass is 35.5. The van der Waals surface area contributed by atoms with Crippen LogP contribution in [-0.2, 0) is 0 Å². The molecular formula is C12H16ClN3O4. The molecule has 0 saturated heterocycles. The molecule has 0 fully saturated rings. The number of anilines is 1. The average Bonchev–Trinajstić information content (AvgIpc) is 2.33. The van der Waals surface area contributed by atoms with Crippen molar-refractivity contribution in [3.63, 3.8) is 0 Å². The van der Waals surface area contributed by atoms with Crippen LogP contribution >= 0.6 is 11.6 Å². The molecule has 0 saturated carbocycles. The fourth-order valence-electron chi connectivity index (χ4n) is 1.99. The molecule has 20 heavy (non-hydrogen) atoms. The summed E-state index contributed by atoms with van der Waals surface area (Å²) in [6.07, 6.45) is 1.61. The van der Waals surface area contributed by atoms with E-state index in [0.717, 1.165) is 18.9 Å². The van der Waals surface area contributed by atoms with Gasteiger partial charge in [0, 0.05) is 17.7 Å². The van der Waals surface area contributed by atoms with Gasteiger partial charge in [0.05, 0.1) is 14.9 Å². The van der Waals surface area contributed by atoms with E-state index in [9.17, 15) is 20.2 Å². The maximum absolute atomic E-state index is 11.2. The zero-order valence-corrected chi connectivity index (χ0v) is 12.2. The van der Waals surface area contributed by atoms with E-state index < -0.39 is 9.85 Å². The fraction of sp³-hybridized carbons (Fsp3) is 0.500. The van der Waals surface area contributed by atoms with Crippen molar-refractivity contribution >= 4 is 28.7 Å². The highest BCUT2D eigenvalue weighted by molar-refractivity contribution is 6.32. The van der Waals surface area contributed by atoms with Gasteiger partial charge in [-0.2, -0.15) is 0 Å². The maximum atomic E-state index is 11.2. The van der Waals surface area contributed by atoms with Gasteiger partial charge in [-0.3, -0.25) is 20.2 Å². The number of hydrogen-bond donors (Lipinski definition) is 1. The van der Waals surface area contributed by atoms with E-state index in [0.29, 0.717) is 0 Å². The summed E-state index contributed by atoms with van der Waals surface area (Å²) in [6.45, 7) is 5.26. The molecule has 1 atom stereocenters. The number of rotatable bonds is 6. The van der Waals surface area contributed by atoms with Crippen LogP contribution in [-0.4, -0.2) is 15.9 Å². The topological polar surface area (TPSA) is 98.3 Å². The first kappa shape index (κ1) is 16.2. The predicted octanol–water partition coefficient (Wildman–Crippen LogP) is 4.07. The van der Waals surface area contributed by atoms with Gasteiger partial charge in [-0.25, -0.2) is 0 Å². The minimum atomic E-state index is -0.667.